The van der Waals surface area contributed by atoms with Crippen molar-refractivity contribution >= 4 is 17.5 Å². The number of aromatic nitrogens is 2. The molecule has 24 heavy (non-hydrogen) atoms. The van der Waals surface area contributed by atoms with Gasteiger partial charge in [-0.2, -0.15) is 5.10 Å². The summed E-state index contributed by atoms with van der Waals surface area (Å²) in [6, 6.07) is 7.69. The Labute approximate surface area is 147 Å². The van der Waals surface area contributed by atoms with Crippen molar-refractivity contribution < 1.29 is 4.79 Å². The first kappa shape index (κ1) is 17.0. The van der Waals surface area contributed by atoms with Gasteiger partial charge in [0.1, 0.15) is 0 Å². The molecule has 1 atom stereocenters. The molecule has 5 nitrogen and oxygen atoms in total. The summed E-state index contributed by atoms with van der Waals surface area (Å²) in [6.45, 7) is 5.98. The SMILES string of the molecule is CC(C)c1c(C(=O)NC2CCCNC2)cnn1-c1cccc(Cl)c1. The standard InChI is InChI=1S/C18H23ClN4O/c1-12(2)17-16(18(24)22-14-6-4-8-20-10-14)11-21-23(17)15-7-3-5-13(19)9-15/h3,5,7,9,11-12,14,20H,4,6,8,10H2,1-2H3,(H,22,24). The Morgan fingerprint density at radius 1 is 1.46 bits per heavy atom. The number of halogens is 1. The van der Waals surface area contributed by atoms with E-state index in [9.17, 15) is 4.79 Å². The normalized spacial score (nSPS) is 17.9. The molecule has 6 heteroatoms. The summed E-state index contributed by atoms with van der Waals surface area (Å²) in [5, 5.41) is 11.5. The van der Waals surface area contributed by atoms with Crippen molar-refractivity contribution in [2.24, 2.45) is 0 Å². The van der Waals surface area contributed by atoms with Gasteiger partial charge in [-0.1, -0.05) is 31.5 Å². The van der Waals surface area contributed by atoms with Gasteiger partial charge in [0.2, 0.25) is 0 Å². The average molecular weight is 347 g/mol. The fraction of sp³-hybridized carbons (Fsp3) is 0.444. The highest BCUT2D eigenvalue weighted by Gasteiger charge is 2.23. The number of hydrogen-bond acceptors (Lipinski definition) is 3. The maximum Gasteiger partial charge on any atom is 0.255 e. The molecule has 1 saturated heterocycles. The first-order chi connectivity index (χ1) is 11.6. The highest BCUT2D eigenvalue weighted by atomic mass is 35.5. The summed E-state index contributed by atoms with van der Waals surface area (Å²) in [6.07, 6.45) is 3.75. The Balaban J connectivity index is 1.89. The minimum absolute atomic E-state index is 0.0549. The highest BCUT2D eigenvalue weighted by molar-refractivity contribution is 6.30. The van der Waals surface area contributed by atoms with E-state index in [1.165, 1.54) is 0 Å². The minimum atomic E-state index is -0.0549. The van der Waals surface area contributed by atoms with Gasteiger partial charge in [-0.05, 0) is 43.5 Å². The summed E-state index contributed by atoms with van der Waals surface area (Å²) < 4.78 is 1.81. The molecule has 1 aliphatic heterocycles. The van der Waals surface area contributed by atoms with Crippen LogP contribution in [0.3, 0.4) is 0 Å². The second-order valence-corrected chi connectivity index (χ2v) is 6.94. The maximum atomic E-state index is 12.7. The molecule has 0 saturated carbocycles. The average Bonchev–Trinajstić information content (AvgIpc) is 3.01. The zero-order chi connectivity index (χ0) is 17.1. The van der Waals surface area contributed by atoms with Crippen LogP contribution in [0.4, 0.5) is 0 Å². The van der Waals surface area contributed by atoms with Gasteiger partial charge >= 0.3 is 0 Å². The van der Waals surface area contributed by atoms with Crippen LogP contribution >= 0.6 is 11.6 Å². The van der Waals surface area contributed by atoms with Gasteiger partial charge in [0, 0.05) is 17.6 Å². The number of benzene rings is 1. The molecular formula is C18H23ClN4O. The molecule has 0 aliphatic carbocycles. The predicted molar refractivity (Wildman–Crippen MR) is 96.0 cm³/mol. The summed E-state index contributed by atoms with van der Waals surface area (Å²) in [5.41, 5.74) is 2.40. The van der Waals surface area contributed by atoms with Crippen molar-refractivity contribution in [3.63, 3.8) is 0 Å². The molecule has 3 rings (SSSR count). The van der Waals surface area contributed by atoms with Crippen LogP contribution in [0.15, 0.2) is 30.5 Å². The number of carbonyl (C=O) groups excluding carboxylic acids is 1. The molecule has 1 aromatic heterocycles. The van der Waals surface area contributed by atoms with Crippen LogP contribution in [-0.4, -0.2) is 34.8 Å². The van der Waals surface area contributed by atoms with Gasteiger partial charge in [-0.25, -0.2) is 4.68 Å². The van der Waals surface area contributed by atoms with Crippen molar-refractivity contribution in [3.8, 4) is 5.69 Å². The van der Waals surface area contributed by atoms with E-state index in [4.69, 9.17) is 11.6 Å². The minimum Gasteiger partial charge on any atom is -0.348 e. The fourth-order valence-electron chi connectivity index (χ4n) is 3.14. The van der Waals surface area contributed by atoms with Crippen LogP contribution in [-0.2, 0) is 0 Å². The molecular weight excluding hydrogens is 324 g/mol. The Morgan fingerprint density at radius 2 is 2.29 bits per heavy atom. The fourth-order valence-corrected chi connectivity index (χ4v) is 3.32. The van der Waals surface area contributed by atoms with Crippen molar-refractivity contribution in [2.45, 2.75) is 38.6 Å². The third-order valence-corrected chi connectivity index (χ3v) is 4.52. The van der Waals surface area contributed by atoms with E-state index in [1.807, 2.05) is 28.9 Å². The molecule has 1 aliphatic rings. The van der Waals surface area contributed by atoms with Crippen LogP contribution < -0.4 is 10.6 Å². The smallest absolute Gasteiger partial charge is 0.255 e. The summed E-state index contributed by atoms with van der Waals surface area (Å²) in [5.74, 6) is 0.109. The number of piperidine rings is 1. The molecule has 0 bridgehead atoms. The van der Waals surface area contributed by atoms with Crippen LogP contribution in [0.1, 0.15) is 48.7 Å². The second kappa shape index (κ2) is 7.36. The number of nitrogens with zero attached hydrogens (tertiary/aromatic N) is 2. The molecule has 0 spiro atoms. The Kier molecular flexibility index (Phi) is 5.21. The van der Waals surface area contributed by atoms with E-state index in [-0.39, 0.29) is 17.9 Å². The third kappa shape index (κ3) is 3.62. The molecule has 1 fully saturated rings. The number of nitrogens with one attached hydrogen (secondary N) is 2. The zero-order valence-electron chi connectivity index (χ0n) is 14.1. The summed E-state index contributed by atoms with van der Waals surface area (Å²) >= 11 is 6.10. The highest BCUT2D eigenvalue weighted by Crippen LogP contribution is 2.24. The molecule has 128 valence electrons. The second-order valence-electron chi connectivity index (χ2n) is 6.51. The van der Waals surface area contributed by atoms with Crippen LogP contribution in [0.2, 0.25) is 5.02 Å². The van der Waals surface area contributed by atoms with Gasteiger partial charge in [-0.3, -0.25) is 4.79 Å². The van der Waals surface area contributed by atoms with Crippen LogP contribution in [0, 0.1) is 0 Å². The zero-order valence-corrected chi connectivity index (χ0v) is 14.8. The largest absolute Gasteiger partial charge is 0.348 e. The van der Waals surface area contributed by atoms with E-state index in [1.54, 1.807) is 6.20 Å². The first-order valence-electron chi connectivity index (χ1n) is 8.41. The van der Waals surface area contributed by atoms with Crippen molar-refractivity contribution in [1.82, 2.24) is 20.4 Å². The van der Waals surface area contributed by atoms with E-state index in [2.05, 4.69) is 29.6 Å². The Hall–Kier alpha value is -1.85. The molecule has 2 heterocycles. The van der Waals surface area contributed by atoms with Gasteiger partial charge in [0.05, 0.1) is 23.1 Å². The molecule has 2 N–H and O–H groups in total. The Bertz CT molecular complexity index is 720. The number of hydrogen-bond donors (Lipinski definition) is 2. The maximum absolute atomic E-state index is 12.7. The number of amides is 1. The Morgan fingerprint density at radius 3 is 2.96 bits per heavy atom. The monoisotopic (exact) mass is 346 g/mol. The van der Waals surface area contributed by atoms with Crippen molar-refractivity contribution in [1.29, 1.82) is 0 Å². The van der Waals surface area contributed by atoms with E-state index in [0.717, 1.165) is 37.3 Å². The molecule has 2 aromatic rings. The molecule has 1 unspecified atom stereocenters. The summed E-state index contributed by atoms with van der Waals surface area (Å²) in [4.78, 5) is 12.7. The number of rotatable bonds is 4. The summed E-state index contributed by atoms with van der Waals surface area (Å²) in [7, 11) is 0. The van der Waals surface area contributed by atoms with Gasteiger partial charge in [-0.15, -0.1) is 0 Å². The lowest BCUT2D eigenvalue weighted by Gasteiger charge is -2.24. The van der Waals surface area contributed by atoms with Crippen LogP contribution in [0.25, 0.3) is 5.69 Å². The number of carbonyl (C=O) groups is 1. The molecule has 0 radical (unpaired) electrons. The van der Waals surface area contributed by atoms with Gasteiger partial charge in [0.25, 0.3) is 5.91 Å². The van der Waals surface area contributed by atoms with E-state index >= 15 is 0 Å². The molecule has 1 aromatic carbocycles. The lowest BCUT2D eigenvalue weighted by molar-refractivity contribution is 0.0929. The molecule has 1 amide bonds. The third-order valence-electron chi connectivity index (χ3n) is 4.28. The van der Waals surface area contributed by atoms with E-state index in [0.29, 0.717) is 10.6 Å². The lowest BCUT2D eigenvalue weighted by Crippen LogP contribution is -2.45. The lowest BCUT2D eigenvalue weighted by atomic mass is 10.0. The van der Waals surface area contributed by atoms with Crippen molar-refractivity contribution in [2.75, 3.05) is 13.1 Å². The first-order valence-corrected chi connectivity index (χ1v) is 8.79. The van der Waals surface area contributed by atoms with Crippen LogP contribution in [0.5, 0.6) is 0 Å². The predicted octanol–water partition coefficient (Wildman–Crippen LogP) is 3.13. The van der Waals surface area contributed by atoms with Crippen molar-refractivity contribution in [3.05, 3.63) is 46.7 Å². The van der Waals surface area contributed by atoms with E-state index < -0.39 is 0 Å². The van der Waals surface area contributed by atoms with Gasteiger partial charge < -0.3 is 10.6 Å². The van der Waals surface area contributed by atoms with Gasteiger partial charge in [0.15, 0.2) is 0 Å². The topological polar surface area (TPSA) is 59.0 Å². The quantitative estimate of drug-likeness (QED) is 0.894.